The summed E-state index contributed by atoms with van der Waals surface area (Å²) < 4.78 is 5.47. The molecular weight excluding hydrogens is 538 g/mol. The summed E-state index contributed by atoms with van der Waals surface area (Å²) in [4.78, 5) is 42.9. The van der Waals surface area contributed by atoms with Crippen molar-refractivity contribution in [3.8, 4) is 0 Å². The molecule has 7 nitrogen and oxygen atoms in total. The summed E-state index contributed by atoms with van der Waals surface area (Å²) >= 11 is 6.48. The molecule has 2 aromatic carbocycles. The van der Waals surface area contributed by atoms with E-state index in [4.69, 9.17) is 16.3 Å². The van der Waals surface area contributed by atoms with Gasteiger partial charge >= 0.3 is 6.09 Å². The van der Waals surface area contributed by atoms with Gasteiger partial charge in [-0.05, 0) is 82.2 Å². The smallest absolute Gasteiger partial charge is 0.408 e. The number of halogens is 1. The van der Waals surface area contributed by atoms with Gasteiger partial charge in [0.15, 0.2) is 0 Å². The molecule has 0 radical (unpaired) electrons. The number of hydrogen-bond acceptors (Lipinski definition) is 4. The summed E-state index contributed by atoms with van der Waals surface area (Å²) in [5.41, 5.74) is 3.40. The highest BCUT2D eigenvalue weighted by Gasteiger charge is 2.37. The summed E-state index contributed by atoms with van der Waals surface area (Å²) in [7, 11) is 0. The number of rotatable bonds is 12. The van der Waals surface area contributed by atoms with E-state index in [2.05, 4.69) is 17.6 Å². The molecule has 226 valence electrons. The molecule has 8 heteroatoms. The van der Waals surface area contributed by atoms with E-state index in [1.807, 2.05) is 65.0 Å². The fraction of sp³-hybridized carbons (Fsp3) is 0.545. The van der Waals surface area contributed by atoms with Crippen LogP contribution in [-0.4, -0.2) is 41.0 Å². The minimum atomic E-state index is -0.944. The Balaban J connectivity index is 2.61. The van der Waals surface area contributed by atoms with Crippen molar-refractivity contribution in [2.75, 3.05) is 11.9 Å². The number of nitrogens with zero attached hydrogens (tertiary/aromatic N) is 1. The Morgan fingerprint density at radius 3 is 2.20 bits per heavy atom. The van der Waals surface area contributed by atoms with E-state index in [1.165, 1.54) is 0 Å². The van der Waals surface area contributed by atoms with E-state index in [0.29, 0.717) is 22.8 Å². The fourth-order valence-corrected chi connectivity index (χ4v) is 4.86. The number of nitrogens with one attached hydrogen (secondary N) is 2. The van der Waals surface area contributed by atoms with Crippen molar-refractivity contribution in [2.24, 2.45) is 5.92 Å². The zero-order chi connectivity index (χ0) is 30.9. The van der Waals surface area contributed by atoms with Gasteiger partial charge in [-0.25, -0.2) is 4.79 Å². The lowest BCUT2D eigenvalue weighted by molar-refractivity contribution is -0.141. The van der Waals surface area contributed by atoms with Crippen LogP contribution in [0.3, 0.4) is 0 Å². The van der Waals surface area contributed by atoms with Crippen LogP contribution in [0.15, 0.2) is 36.4 Å². The van der Waals surface area contributed by atoms with Crippen molar-refractivity contribution in [2.45, 2.75) is 106 Å². The summed E-state index contributed by atoms with van der Waals surface area (Å²) in [6.45, 7) is 17.4. The van der Waals surface area contributed by atoms with Gasteiger partial charge in [0.05, 0.1) is 10.7 Å². The number of unbranched alkanes of at least 4 members (excludes halogenated alkanes) is 3. The molecule has 3 amide bonds. The van der Waals surface area contributed by atoms with Gasteiger partial charge in [-0.3, -0.25) is 9.59 Å². The monoisotopic (exact) mass is 585 g/mol. The van der Waals surface area contributed by atoms with Crippen LogP contribution in [0.25, 0.3) is 0 Å². The van der Waals surface area contributed by atoms with Crippen LogP contribution >= 0.6 is 11.6 Å². The van der Waals surface area contributed by atoms with Gasteiger partial charge < -0.3 is 20.3 Å². The molecule has 0 bridgehead atoms. The van der Waals surface area contributed by atoms with Crippen LogP contribution in [0, 0.1) is 26.7 Å². The minimum Gasteiger partial charge on any atom is -0.444 e. The van der Waals surface area contributed by atoms with Crippen LogP contribution in [-0.2, 0) is 14.3 Å². The zero-order valence-electron chi connectivity index (χ0n) is 26.2. The Morgan fingerprint density at radius 1 is 0.951 bits per heavy atom. The molecule has 41 heavy (non-hydrogen) atoms. The molecule has 0 aliphatic carbocycles. The first-order chi connectivity index (χ1) is 19.2. The third kappa shape index (κ3) is 10.1. The highest BCUT2D eigenvalue weighted by Crippen LogP contribution is 2.31. The highest BCUT2D eigenvalue weighted by atomic mass is 35.5. The van der Waals surface area contributed by atoms with E-state index in [1.54, 1.807) is 31.7 Å². The number of ether oxygens (including phenoxy) is 1. The number of aryl methyl sites for hydroxylation is 3. The molecule has 2 atom stereocenters. The second-order valence-electron chi connectivity index (χ2n) is 12.1. The summed E-state index contributed by atoms with van der Waals surface area (Å²) in [6, 6.07) is 9.40. The van der Waals surface area contributed by atoms with E-state index >= 15 is 0 Å². The topological polar surface area (TPSA) is 87.7 Å². The highest BCUT2D eigenvalue weighted by molar-refractivity contribution is 6.34. The molecule has 0 heterocycles. The fourth-order valence-electron chi connectivity index (χ4n) is 4.59. The molecule has 0 fully saturated rings. The average molecular weight is 586 g/mol. The number of carbonyl (C=O) groups is 3. The summed E-state index contributed by atoms with van der Waals surface area (Å²) in [5, 5.41) is 6.22. The third-order valence-electron chi connectivity index (χ3n) is 7.02. The lowest BCUT2D eigenvalue weighted by Crippen LogP contribution is -2.54. The molecule has 0 aliphatic heterocycles. The van der Waals surface area contributed by atoms with Gasteiger partial charge in [0, 0.05) is 6.54 Å². The molecule has 0 aliphatic rings. The van der Waals surface area contributed by atoms with Gasteiger partial charge in [0.1, 0.15) is 17.7 Å². The molecule has 0 aromatic heterocycles. The van der Waals surface area contributed by atoms with Crippen LogP contribution < -0.4 is 10.6 Å². The normalized spacial score (nSPS) is 13.0. The maximum atomic E-state index is 14.4. The van der Waals surface area contributed by atoms with E-state index in [9.17, 15) is 14.4 Å². The van der Waals surface area contributed by atoms with Gasteiger partial charge in [0.25, 0.3) is 5.91 Å². The van der Waals surface area contributed by atoms with Crippen LogP contribution in [0.2, 0.25) is 5.02 Å². The van der Waals surface area contributed by atoms with Crippen molar-refractivity contribution in [3.63, 3.8) is 0 Å². The second-order valence-corrected chi connectivity index (χ2v) is 12.5. The van der Waals surface area contributed by atoms with Gasteiger partial charge in [-0.15, -0.1) is 0 Å². The summed E-state index contributed by atoms with van der Waals surface area (Å²) in [5.74, 6) is -0.952. The number of anilines is 1. The lowest BCUT2D eigenvalue weighted by atomic mass is 9.96. The van der Waals surface area contributed by atoms with E-state index < -0.39 is 23.8 Å². The number of benzene rings is 2. The van der Waals surface area contributed by atoms with Crippen molar-refractivity contribution >= 4 is 35.2 Å². The molecule has 2 aromatic rings. The van der Waals surface area contributed by atoms with E-state index in [-0.39, 0.29) is 17.7 Å². The Kier molecular flexibility index (Phi) is 12.7. The maximum Gasteiger partial charge on any atom is 0.408 e. The first-order valence-electron chi connectivity index (χ1n) is 14.6. The Hall–Kier alpha value is -3.06. The lowest BCUT2D eigenvalue weighted by Gasteiger charge is -2.36. The molecule has 0 spiro atoms. The van der Waals surface area contributed by atoms with Gasteiger partial charge in [-0.1, -0.05) is 82.0 Å². The first-order valence-corrected chi connectivity index (χ1v) is 15.0. The predicted molar refractivity (Wildman–Crippen MR) is 167 cm³/mol. The number of hydrogen-bond donors (Lipinski definition) is 2. The number of amides is 3. The second kappa shape index (κ2) is 15.2. The molecule has 0 saturated carbocycles. The Morgan fingerprint density at radius 2 is 1.63 bits per heavy atom. The number of para-hydroxylation sites is 1. The SMILES string of the molecule is CCCCCCN(C(=O)C(NC(=O)OC(C)(C)C)C(C)C)C(C(=O)Nc1c(C)cccc1Cl)c1ccc(C)c(C)c1. The van der Waals surface area contributed by atoms with Gasteiger partial charge in [-0.2, -0.15) is 0 Å². The molecule has 2 unspecified atom stereocenters. The molecular formula is C33H48ClN3O4. The molecule has 0 saturated heterocycles. The standard InChI is InChI=1S/C33H48ClN3O4/c1-10-11-12-13-19-37(31(39)27(21(2)3)36-32(40)41-33(7,8)9)29(25-18-17-22(4)24(6)20-25)30(38)35-28-23(5)15-14-16-26(28)34/h14-18,20-21,27,29H,10-13,19H2,1-9H3,(H,35,38)(H,36,40). The van der Waals surface area contributed by atoms with Crippen molar-refractivity contribution in [3.05, 3.63) is 63.7 Å². The Bertz CT molecular complexity index is 1190. The zero-order valence-corrected chi connectivity index (χ0v) is 26.9. The van der Waals surface area contributed by atoms with Crippen LogP contribution in [0.1, 0.15) is 95.5 Å². The average Bonchev–Trinajstić information content (AvgIpc) is 2.87. The number of carbonyl (C=O) groups excluding carboxylic acids is 3. The number of alkyl carbamates (subject to hydrolysis) is 1. The molecule has 2 rings (SSSR count). The van der Waals surface area contributed by atoms with E-state index in [0.717, 1.165) is 42.4 Å². The van der Waals surface area contributed by atoms with Crippen molar-refractivity contribution < 1.29 is 19.1 Å². The predicted octanol–water partition coefficient (Wildman–Crippen LogP) is 7.90. The maximum absolute atomic E-state index is 14.4. The molecule has 2 N–H and O–H groups in total. The van der Waals surface area contributed by atoms with Gasteiger partial charge in [0.2, 0.25) is 5.91 Å². The van der Waals surface area contributed by atoms with Crippen LogP contribution in [0.4, 0.5) is 10.5 Å². The largest absolute Gasteiger partial charge is 0.444 e. The van der Waals surface area contributed by atoms with Crippen molar-refractivity contribution in [1.29, 1.82) is 0 Å². The quantitative estimate of drug-likeness (QED) is 0.248. The van der Waals surface area contributed by atoms with Crippen molar-refractivity contribution in [1.82, 2.24) is 10.2 Å². The summed E-state index contributed by atoms with van der Waals surface area (Å²) in [6.07, 6.45) is 3.02. The third-order valence-corrected chi connectivity index (χ3v) is 7.33. The minimum absolute atomic E-state index is 0.248. The first kappa shape index (κ1) is 34.1. The van der Waals surface area contributed by atoms with Crippen LogP contribution in [0.5, 0.6) is 0 Å². The Labute approximate surface area is 251 Å².